The molecular weight excluding hydrogens is 991 g/mol. The second-order valence-corrected chi connectivity index (χ2v) is 22.9. The number of esters is 1. The highest BCUT2D eigenvalue weighted by Gasteiger charge is 2.47. The number of allylic oxidation sites excluding steroid dienone is 9. The fourth-order valence-corrected chi connectivity index (χ4v) is 10.2. The van der Waals surface area contributed by atoms with Gasteiger partial charge in [-0.05, 0) is 70.6 Å². The van der Waals surface area contributed by atoms with E-state index >= 15 is 0 Å². The Balaban J connectivity index is 2.68. The molecule has 1 amide bonds. The molecule has 1 heterocycles. The number of hydrogen-bond acceptors (Lipinski definition) is 10. The standard InChI is InChI=1S/C68H123NO10/c1-4-7-10-13-16-19-22-25-27-29-30-31-33-34-37-40-43-46-49-52-55-61(72)67(76)69-59(60(71)54-51-48-45-42-39-36-24-21-18-15-12-9-6-3)58-77-68-66(65(75)64(74)62(57-70)78-68)79-63(73)56-53-50-47-44-41-38-35-32-28-26-23-20-17-14-11-8-5-2/h16,19,25,27,30-31,34,37,51,54,59-62,64-66,68,70-72,74-75H,4-15,17-18,20-24,26,28-29,32-33,35-36,38-50,52-53,55-58H2,1-3H3,(H,69,76)/b19-16-,27-25-,31-30-,37-34-,54-51+. The molecule has 6 N–H and O–H groups in total. The van der Waals surface area contributed by atoms with Crippen LogP contribution >= 0.6 is 0 Å². The van der Waals surface area contributed by atoms with Crippen LogP contribution in [0.1, 0.15) is 297 Å². The lowest BCUT2D eigenvalue weighted by Crippen LogP contribution is -2.61. The maximum Gasteiger partial charge on any atom is 0.306 e. The summed E-state index contributed by atoms with van der Waals surface area (Å²) in [5.74, 6) is -1.21. The molecule has 0 spiro atoms. The number of amides is 1. The summed E-state index contributed by atoms with van der Waals surface area (Å²) >= 11 is 0. The minimum atomic E-state index is -1.62. The van der Waals surface area contributed by atoms with Gasteiger partial charge in [-0.15, -0.1) is 0 Å². The molecule has 11 nitrogen and oxygen atoms in total. The van der Waals surface area contributed by atoms with E-state index < -0.39 is 67.4 Å². The van der Waals surface area contributed by atoms with Crippen molar-refractivity contribution >= 4 is 11.9 Å². The van der Waals surface area contributed by atoms with E-state index in [0.717, 1.165) is 83.5 Å². The van der Waals surface area contributed by atoms with Gasteiger partial charge in [0.15, 0.2) is 12.4 Å². The predicted molar refractivity (Wildman–Crippen MR) is 329 cm³/mol. The Morgan fingerprint density at radius 1 is 0.494 bits per heavy atom. The van der Waals surface area contributed by atoms with Crippen LogP contribution in [0.15, 0.2) is 60.8 Å². The van der Waals surface area contributed by atoms with Crippen LogP contribution in [0.3, 0.4) is 0 Å². The molecule has 0 saturated carbocycles. The Kier molecular flexibility index (Phi) is 52.6. The van der Waals surface area contributed by atoms with Gasteiger partial charge in [-0.2, -0.15) is 0 Å². The van der Waals surface area contributed by atoms with Crippen LogP contribution in [0.5, 0.6) is 0 Å². The SMILES string of the molecule is CCCCC/C=C\C/C=C\C/C=C\C/C=C\CCCCCCC(O)C(=O)NC(COC1OC(CO)C(O)C(O)C1OC(=O)CCCCCCCCCCCCCCCCCCC)C(O)/C=C/CCCCCCCCCCCCC. The largest absolute Gasteiger partial charge is 0.454 e. The van der Waals surface area contributed by atoms with Gasteiger partial charge >= 0.3 is 5.97 Å². The normalized spacial score (nSPS) is 19.2. The zero-order valence-corrected chi connectivity index (χ0v) is 51.0. The molecule has 1 aliphatic rings. The average molecular weight is 1110 g/mol. The number of carbonyl (C=O) groups excluding carboxylic acids is 2. The van der Waals surface area contributed by atoms with Gasteiger partial charge in [-0.3, -0.25) is 9.59 Å². The fourth-order valence-electron chi connectivity index (χ4n) is 10.2. The average Bonchev–Trinajstić information content (AvgIpc) is 3.49. The highest BCUT2D eigenvalue weighted by atomic mass is 16.7. The summed E-state index contributed by atoms with van der Waals surface area (Å²) in [7, 11) is 0. The van der Waals surface area contributed by atoms with Crippen molar-refractivity contribution in [2.45, 2.75) is 346 Å². The van der Waals surface area contributed by atoms with E-state index in [2.05, 4.69) is 74.7 Å². The Morgan fingerprint density at radius 3 is 1.33 bits per heavy atom. The molecule has 1 fully saturated rings. The first-order chi connectivity index (χ1) is 38.7. The molecule has 0 bridgehead atoms. The number of rotatable bonds is 56. The highest BCUT2D eigenvalue weighted by Crippen LogP contribution is 2.26. The van der Waals surface area contributed by atoms with Gasteiger partial charge < -0.3 is 45.1 Å². The third kappa shape index (κ3) is 43.7. The van der Waals surface area contributed by atoms with Crippen molar-refractivity contribution in [3.63, 3.8) is 0 Å². The molecule has 1 aliphatic heterocycles. The van der Waals surface area contributed by atoms with E-state index in [4.69, 9.17) is 14.2 Å². The molecule has 8 atom stereocenters. The first kappa shape index (κ1) is 74.4. The molecule has 0 aromatic heterocycles. The molecule has 11 heteroatoms. The van der Waals surface area contributed by atoms with Gasteiger partial charge in [0.25, 0.3) is 0 Å². The zero-order valence-electron chi connectivity index (χ0n) is 51.0. The van der Waals surface area contributed by atoms with Crippen LogP contribution in [0.4, 0.5) is 0 Å². The number of nitrogens with one attached hydrogen (secondary N) is 1. The first-order valence-corrected chi connectivity index (χ1v) is 33.1. The molecule has 0 radical (unpaired) electrons. The Morgan fingerprint density at radius 2 is 0.873 bits per heavy atom. The maximum absolute atomic E-state index is 13.4. The molecule has 0 aliphatic carbocycles. The van der Waals surface area contributed by atoms with Crippen LogP contribution < -0.4 is 5.32 Å². The Bertz CT molecular complexity index is 1510. The predicted octanol–water partition coefficient (Wildman–Crippen LogP) is 16.2. The number of unbranched alkanes of at least 4 members (excludes halogenated alkanes) is 34. The van der Waals surface area contributed by atoms with Crippen LogP contribution in [0, 0.1) is 0 Å². The third-order valence-corrected chi connectivity index (χ3v) is 15.4. The fraction of sp³-hybridized carbons (Fsp3) is 0.824. The van der Waals surface area contributed by atoms with E-state index in [1.54, 1.807) is 6.08 Å². The van der Waals surface area contributed by atoms with Crippen LogP contribution in [0.2, 0.25) is 0 Å². The summed E-state index contributed by atoms with van der Waals surface area (Å²) in [6, 6.07) is -1.03. The molecular formula is C68H123NO10. The molecule has 79 heavy (non-hydrogen) atoms. The minimum absolute atomic E-state index is 0.124. The number of ether oxygens (including phenoxy) is 3. The lowest BCUT2D eigenvalue weighted by atomic mass is 9.99. The lowest BCUT2D eigenvalue weighted by Gasteiger charge is -2.41. The number of hydrogen-bond donors (Lipinski definition) is 6. The van der Waals surface area contributed by atoms with E-state index in [0.29, 0.717) is 12.8 Å². The lowest BCUT2D eigenvalue weighted by molar-refractivity contribution is -0.305. The molecule has 8 unspecified atom stereocenters. The van der Waals surface area contributed by atoms with E-state index in [1.807, 2.05) is 6.08 Å². The van der Waals surface area contributed by atoms with Gasteiger partial charge in [-0.1, -0.05) is 281 Å². The van der Waals surface area contributed by atoms with Crippen LogP contribution in [0.25, 0.3) is 0 Å². The maximum atomic E-state index is 13.4. The Hall–Kier alpha value is -2.64. The topological polar surface area (TPSA) is 175 Å². The van der Waals surface area contributed by atoms with E-state index in [-0.39, 0.29) is 19.4 Å². The molecule has 1 rings (SSSR count). The smallest absolute Gasteiger partial charge is 0.306 e. The van der Waals surface area contributed by atoms with Crippen molar-refractivity contribution in [3.05, 3.63) is 60.8 Å². The molecule has 0 aromatic rings. The monoisotopic (exact) mass is 1110 g/mol. The summed E-state index contributed by atoms with van der Waals surface area (Å²) in [4.78, 5) is 26.6. The Labute approximate surface area is 484 Å². The van der Waals surface area contributed by atoms with Crippen molar-refractivity contribution in [2.75, 3.05) is 13.2 Å². The summed E-state index contributed by atoms with van der Waals surface area (Å²) < 4.78 is 17.7. The minimum Gasteiger partial charge on any atom is -0.454 e. The number of aliphatic hydroxyl groups is 5. The van der Waals surface area contributed by atoms with Crippen molar-refractivity contribution < 1.29 is 49.3 Å². The summed E-state index contributed by atoms with van der Waals surface area (Å²) in [5.41, 5.74) is 0. The second kappa shape index (κ2) is 55.9. The summed E-state index contributed by atoms with van der Waals surface area (Å²) in [6.07, 6.45) is 59.6. The highest BCUT2D eigenvalue weighted by molar-refractivity contribution is 5.80. The third-order valence-electron chi connectivity index (χ3n) is 15.4. The quantitative estimate of drug-likeness (QED) is 0.0195. The van der Waals surface area contributed by atoms with Gasteiger partial charge in [0.1, 0.15) is 24.4 Å². The van der Waals surface area contributed by atoms with Gasteiger partial charge in [0.05, 0.1) is 25.4 Å². The molecule has 460 valence electrons. The van der Waals surface area contributed by atoms with Crippen molar-refractivity contribution in [1.29, 1.82) is 0 Å². The van der Waals surface area contributed by atoms with Gasteiger partial charge in [-0.25, -0.2) is 0 Å². The van der Waals surface area contributed by atoms with Crippen LogP contribution in [-0.2, 0) is 23.8 Å². The molecule has 1 saturated heterocycles. The van der Waals surface area contributed by atoms with Gasteiger partial charge in [0.2, 0.25) is 5.91 Å². The van der Waals surface area contributed by atoms with Crippen LogP contribution in [-0.4, -0.2) is 99.6 Å². The summed E-state index contributed by atoms with van der Waals surface area (Å²) in [5, 5.41) is 57.1. The van der Waals surface area contributed by atoms with Gasteiger partial charge in [0, 0.05) is 6.42 Å². The molecule has 0 aromatic carbocycles. The number of aliphatic hydroxyl groups excluding tert-OH is 5. The van der Waals surface area contributed by atoms with Crippen molar-refractivity contribution in [2.24, 2.45) is 0 Å². The second-order valence-electron chi connectivity index (χ2n) is 22.9. The zero-order chi connectivity index (χ0) is 57.5. The number of carbonyl (C=O) groups is 2. The van der Waals surface area contributed by atoms with E-state index in [9.17, 15) is 35.1 Å². The summed E-state index contributed by atoms with van der Waals surface area (Å²) in [6.45, 7) is 5.78. The van der Waals surface area contributed by atoms with E-state index in [1.165, 1.54) is 167 Å². The van der Waals surface area contributed by atoms with Crippen molar-refractivity contribution in [3.8, 4) is 0 Å². The first-order valence-electron chi connectivity index (χ1n) is 33.1. The van der Waals surface area contributed by atoms with Crippen molar-refractivity contribution in [1.82, 2.24) is 5.32 Å².